The molecule has 0 radical (unpaired) electrons. The Bertz CT molecular complexity index is 913. The Kier molecular flexibility index (Phi) is 5.99. The molecule has 1 aliphatic heterocycles. The number of hydrogen-bond acceptors (Lipinski definition) is 5. The highest BCUT2D eigenvalue weighted by Gasteiger charge is 2.31. The molecule has 6 nitrogen and oxygen atoms in total. The van der Waals surface area contributed by atoms with Crippen molar-refractivity contribution in [2.24, 2.45) is 0 Å². The first-order chi connectivity index (χ1) is 13.1. The highest BCUT2D eigenvalue weighted by atomic mass is 32.2. The van der Waals surface area contributed by atoms with Crippen molar-refractivity contribution in [2.75, 3.05) is 11.1 Å². The lowest BCUT2D eigenvalue weighted by Crippen LogP contribution is -2.31. The largest absolute Gasteiger partial charge is 0.469 e. The van der Waals surface area contributed by atoms with Crippen LogP contribution in [0.25, 0.3) is 0 Å². The fraction of sp³-hybridized carbons (Fsp3) is 0.250. The SMILES string of the molecule is CCc1ccccc1NC(=O)CSC1=C(C#N)[C@H](c2ccco2)CC(=O)N1. The number of furan rings is 1. The first kappa shape index (κ1) is 18.8. The van der Waals surface area contributed by atoms with Crippen LogP contribution in [0.15, 0.2) is 57.7 Å². The molecule has 1 aromatic heterocycles. The fourth-order valence-corrected chi connectivity index (χ4v) is 3.82. The summed E-state index contributed by atoms with van der Waals surface area (Å²) in [6.07, 6.45) is 2.48. The van der Waals surface area contributed by atoms with Crippen molar-refractivity contribution in [1.29, 1.82) is 5.26 Å². The van der Waals surface area contributed by atoms with Crippen LogP contribution in [-0.4, -0.2) is 17.6 Å². The van der Waals surface area contributed by atoms with Crippen LogP contribution in [0, 0.1) is 11.3 Å². The van der Waals surface area contributed by atoms with E-state index >= 15 is 0 Å². The molecule has 1 atom stereocenters. The summed E-state index contributed by atoms with van der Waals surface area (Å²) < 4.78 is 5.38. The molecule has 0 saturated carbocycles. The summed E-state index contributed by atoms with van der Waals surface area (Å²) in [5, 5.41) is 15.6. The molecule has 2 heterocycles. The van der Waals surface area contributed by atoms with E-state index in [1.807, 2.05) is 31.2 Å². The fourth-order valence-electron chi connectivity index (χ4n) is 2.94. The quantitative estimate of drug-likeness (QED) is 0.798. The summed E-state index contributed by atoms with van der Waals surface area (Å²) in [7, 11) is 0. The summed E-state index contributed by atoms with van der Waals surface area (Å²) in [5.41, 5.74) is 2.24. The van der Waals surface area contributed by atoms with Crippen LogP contribution in [0.4, 0.5) is 5.69 Å². The van der Waals surface area contributed by atoms with Gasteiger partial charge in [0, 0.05) is 12.1 Å². The molecular weight excluding hydrogens is 362 g/mol. The van der Waals surface area contributed by atoms with Crippen LogP contribution in [0.1, 0.15) is 30.6 Å². The highest BCUT2D eigenvalue weighted by Crippen LogP contribution is 2.36. The van der Waals surface area contributed by atoms with E-state index in [0.717, 1.165) is 29.4 Å². The number of benzene rings is 1. The number of thioether (sulfide) groups is 1. The summed E-state index contributed by atoms with van der Waals surface area (Å²) in [4.78, 5) is 24.4. The van der Waals surface area contributed by atoms with Crippen LogP contribution >= 0.6 is 11.8 Å². The Hall–Kier alpha value is -2.98. The lowest BCUT2D eigenvalue weighted by atomic mass is 9.92. The van der Waals surface area contributed by atoms with Crippen molar-refractivity contribution in [1.82, 2.24) is 5.32 Å². The van der Waals surface area contributed by atoms with Crippen LogP contribution < -0.4 is 10.6 Å². The number of rotatable bonds is 6. The van der Waals surface area contributed by atoms with Crippen molar-refractivity contribution < 1.29 is 14.0 Å². The summed E-state index contributed by atoms with van der Waals surface area (Å²) >= 11 is 1.15. The maximum Gasteiger partial charge on any atom is 0.234 e. The van der Waals surface area contributed by atoms with Gasteiger partial charge >= 0.3 is 0 Å². The van der Waals surface area contributed by atoms with E-state index < -0.39 is 5.92 Å². The van der Waals surface area contributed by atoms with Gasteiger partial charge < -0.3 is 15.1 Å². The van der Waals surface area contributed by atoms with Gasteiger partial charge in [0.15, 0.2) is 0 Å². The minimum absolute atomic E-state index is 0.0870. The third-order valence-corrected chi connectivity index (χ3v) is 5.28. The summed E-state index contributed by atoms with van der Waals surface area (Å²) in [6, 6.07) is 13.3. The van der Waals surface area contributed by atoms with Gasteiger partial charge in [-0.05, 0) is 30.2 Å². The number of para-hydroxylation sites is 1. The molecule has 0 aliphatic carbocycles. The Morgan fingerprint density at radius 1 is 1.37 bits per heavy atom. The van der Waals surface area contributed by atoms with Crippen LogP contribution in [0.2, 0.25) is 0 Å². The minimum Gasteiger partial charge on any atom is -0.469 e. The van der Waals surface area contributed by atoms with Gasteiger partial charge in [-0.25, -0.2) is 0 Å². The van der Waals surface area contributed by atoms with Crippen molar-refractivity contribution in [3.8, 4) is 6.07 Å². The second-order valence-corrected chi connectivity index (χ2v) is 7.01. The van der Waals surface area contributed by atoms with E-state index in [1.165, 1.54) is 6.26 Å². The first-order valence-corrected chi connectivity index (χ1v) is 9.59. The lowest BCUT2D eigenvalue weighted by molar-refractivity contribution is -0.121. The molecule has 0 saturated heterocycles. The van der Waals surface area contributed by atoms with Gasteiger partial charge in [0.05, 0.1) is 34.6 Å². The molecule has 7 heteroatoms. The Labute approximate surface area is 161 Å². The number of carbonyl (C=O) groups is 2. The van der Waals surface area contributed by atoms with E-state index in [2.05, 4.69) is 16.7 Å². The molecule has 0 bridgehead atoms. The molecule has 1 aromatic carbocycles. The smallest absolute Gasteiger partial charge is 0.234 e. The van der Waals surface area contributed by atoms with Crippen LogP contribution in [-0.2, 0) is 16.0 Å². The number of hydrogen-bond donors (Lipinski definition) is 2. The number of carbonyl (C=O) groups excluding carboxylic acids is 2. The lowest BCUT2D eigenvalue weighted by Gasteiger charge is -2.23. The average Bonchev–Trinajstić information content (AvgIpc) is 3.21. The third kappa shape index (κ3) is 4.41. The Balaban J connectivity index is 1.72. The molecule has 138 valence electrons. The Morgan fingerprint density at radius 3 is 2.89 bits per heavy atom. The van der Waals surface area contributed by atoms with Crippen LogP contribution in [0.5, 0.6) is 0 Å². The van der Waals surface area contributed by atoms with Gasteiger partial charge in [-0.2, -0.15) is 5.26 Å². The van der Waals surface area contributed by atoms with E-state index in [0.29, 0.717) is 16.4 Å². The van der Waals surface area contributed by atoms with Gasteiger partial charge in [-0.1, -0.05) is 36.9 Å². The third-order valence-electron chi connectivity index (χ3n) is 4.26. The topological polar surface area (TPSA) is 95.1 Å². The molecule has 2 N–H and O–H groups in total. The molecule has 3 rings (SSSR count). The number of nitriles is 1. The predicted octanol–water partition coefficient (Wildman–Crippen LogP) is 3.55. The van der Waals surface area contributed by atoms with Gasteiger partial charge in [0.1, 0.15) is 5.76 Å². The number of aryl methyl sites for hydroxylation is 1. The molecule has 0 fully saturated rings. The highest BCUT2D eigenvalue weighted by molar-refractivity contribution is 8.03. The Morgan fingerprint density at radius 2 is 2.19 bits per heavy atom. The zero-order valence-electron chi connectivity index (χ0n) is 14.8. The van der Waals surface area contributed by atoms with Crippen molar-refractivity contribution in [3.05, 3.63) is 64.6 Å². The second-order valence-electron chi connectivity index (χ2n) is 6.02. The van der Waals surface area contributed by atoms with Gasteiger partial charge in [-0.3, -0.25) is 9.59 Å². The second kappa shape index (κ2) is 8.60. The normalized spacial score (nSPS) is 16.6. The van der Waals surface area contributed by atoms with Crippen LogP contribution in [0.3, 0.4) is 0 Å². The molecule has 0 unspecified atom stereocenters. The van der Waals surface area contributed by atoms with Crippen molar-refractivity contribution >= 4 is 29.3 Å². The van der Waals surface area contributed by atoms with Gasteiger partial charge in [0.25, 0.3) is 0 Å². The predicted molar refractivity (Wildman–Crippen MR) is 104 cm³/mol. The van der Waals surface area contributed by atoms with E-state index in [1.54, 1.807) is 12.1 Å². The van der Waals surface area contributed by atoms with E-state index in [4.69, 9.17) is 4.42 Å². The average molecular weight is 381 g/mol. The number of amides is 2. The summed E-state index contributed by atoms with van der Waals surface area (Å²) in [5.74, 6) is -0.162. The molecule has 2 amide bonds. The van der Waals surface area contributed by atoms with Crippen molar-refractivity contribution in [2.45, 2.75) is 25.7 Å². The number of nitrogens with zero attached hydrogens (tertiary/aromatic N) is 1. The standard InChI is InChI=1S/C20H19N3O3S/c1-2-13-6-3-4-7-16(13)22-19(25)12-27-20-15(11-21)14(10-18(24)23-20)17-8-5-9-26-17/h3-9,14H,2,10,12H2,1H3,(H,22,25)(H,23,24)/t14-/m1/s1. The summed E-state index contributed by atoms with van der Waals surface area (Å²) in [6.45, 7) is 2.02. The van der Waals surface area contributed by atoms with Crippen molar-refractivity contribution in [3.63, 3.8) is 0 Å². The minimum atomic E-state index is -0.426. The maximum absolute atomic E-state index is 12.3. The molecule has 1 aliphatic rings. The molecular formula is C20H19N3O3S. The molecule has 27 heavy (non-hydrogen) atoms. The number of nitrogens with one attached hydrogen (secondary N) is 2. The number of allylic oxidation sites excluding steroid dienone is 1. The monoisotopic (exact) mass is 381 g/mol. The zero-order chi connectivity index (χ0) is 19.2. The van der Waals surface area contributed by atoms with E-state index in [-0.39, 0.29) is 24.0 Å². The maximum atomic E-state index is 12.3. The zero-order valence-corrected chi connectivity index (χ0v) is 15.6. The molecule has 0 spiro atoms. The van der Waals surface area contributed by atoms with Gasteiger partial charge in [-0.15, -0.1) is 0 Å². The van der Waals surface area contributed by atoms with Gasteiger partial charge in [0.2, 0.25) is 11.8 Å². The van der Waals surface area contributed by atoms with E-state index in [9.17, 15) is 14.9 Å². The number of anilines is 1. The first-order valence-electron chi connectivity index (χ1n) is 8.60. The molecule has 2 aromatic rings.